The van der Waals surface area contributed by atoms with Gasteiger partial charge in [0, 0.05) is 29.6 Å². The molecule has 0 atom stereocenters. The predicted octanol–water partition coefficient (Wildman–Crippen LogP) is 2.57. The summed E-state index contributed by atoms with van der Waals surface area (Å²) in [7, 11) is 0. The number of phenols is 1. The van der Waals surface area contributed by atoms with Crippen LogP contribution in [0.25, 0.3) is 10.9 Å². The van der Waals surface area contributed by atoms with Crippen LogP contribution in [0.2, 0.25) is 0 Å². The second kappa shape index (κ2) is 2.73. The van der Waals surface area contributed by atoms with E-state index in [0.29, 0.717) is 11.7 Å². The first kappa shape index (κ1) is 8.50. The van der Waals surface area contributed by atoms with Crippen LogP contribution in [-0.2, 0) is 0 Å². The predicted molar refractivity (Wildman–Crippen MR) is 64.2 cm³/mol. The van der Waals surface area contributed by atoms with Gasteiger partial charge in [-0.3, -0.25) is 0 Å². The lowest BCUT2D eigenvalue weighted by molar-refractivity contribution is 0.472. The summed E-state index contributed by atoms with van der Waals surface area (Å²) in [6.07, 6.45) is 2.52. The zero-order valence-electron chi connectivity index (χ0n) is 9.03. The lowest BCUT2D eigenvalue weighted by Crippen LogP contribution is -2.38. The smallest absolute Gasteiger partial charge is 0.116 e. The van der Waals surface area contributed by atoms with Crippen molar-refractivity contribution in [1.29, 1.82) is 0 Å². The number of hydrogen-bond acceptors (Lipinski definition) is 2. The Morgan fingerprint density at radius 2 is 2.06 bits per heavy atom. The maximum absolute atomic E-state index is 9.59. The number of H-pyrrole nitrogens is 1. The van der Waals surface area contributed by atoms with Gasteiger partial charge in [0.2, 0.25) is 0 Å². The number of hydrogen-bond donors (Lipinski definition) is 2. The highest BCUT2D eigenvalue weighted by molar-refractivity contribution is 5.91. The van der Waals surface area contributed by atoms with Crippen molar-refractivity contribution in [2.24, 2.45) is 0 Å². The topological polar surface area (TPSA) is 39.3 Å². The van der Waals surface area contributed by atoms with Gasteiger partial charge in [-0.1, -0.05) is 0 Å². The van der Waals surface area contributed by atoms with Gasteiger partial charge >= 0.3 is 0 Å². The fraction of sp³-hybridized carbons (Fsp3) is 0.385. The molecule has 0 saturated carbocycles. The molecule has 3 nitrogen and oxygen atoms in total. The Morgan fingerprint density at radius 3 is 2.88 bits per heavy atom. The van der Waals surface area contributed by atoms with Gasteiger partial charge in [-0.2, -0.15) is 0 Å². The van der Waals surface area contributed by atoms with Crippen molar-refractivity contribution >= 4 is 16.7 Å². The Bertz CT molecular complexity index is 565. The Balaban J connectivity index is 2.08. The highest BCUT2D eigenvalue weighted by atomic mass is 16.3. The van der Waals surface area contributed by atoms with Crippen molar-refractivity contribution in [2.75, 3.05) is 18.0 Å². The number of aromatic amines is 1. The third kappa shape index (κ3) is 0.932. The summed E-state index contributed by atoms with van der Waals surface area (Å²) in [5.41, 5.74) is 2.59. The molecule has 2 aromatic rings. The molecule has 16 heavy (non-hydrogen) atoms. The number of nitrogens with one attached hydrogen (secondary N) is 1. The van der Waals surface area contributed by atoms with Crippen molar-refractivity contribution in [3.05, 3.63) is 23.8 Å². The molecule has 0 aliphatic carbocycles. The van der Waals surface area contributed by atoms with Crippen LogP contribution >= 0.6 is 0 Å². The Hall–Kier alpha value is -1.64. The van der Waals surface area contributed by atoms with E-state index in [1.807, 2.05) is 12.1 Å². The fourth-order valence-electron chi connectivity index (χ4n) is 3.24. The number of anilines is 1. The van der Waals surface area contributed by atoms with Crippen molar-refractivity contribution in [3.63, 3.8) is 0 Å². The summed E-state index contributed by atoms with van der Waals surface area (Å²) < 4.78 is 0. The van der Waals surface area contributed by atoms with Crippen molar-refractivity contribution in [2.45, 2.75) is 18.8 Å². The maximum Gasteiger partial charge on any atom is 0.116 e. The molecule has 4 heterocycles. The van der Waals surface area contributed by atoms with E-state index in [1.54, 1.807) is 6.07 Å². The number of aromatic nitrogens is 1. The molecule has 2 N–H and O–H groups in total. The van der Waals surface area contributed by atoms with Crippen molar-refractivity contribution < 1.29 is 5.11 Å². The minimum atomic E-state index is 0.366. The Kier molecular flexibility index (Phi) is 1.45. The van der Waals surface area contributed by atoms with Gasteiger partial charge in [0.05, 0.1) is 0 Å². The van der Waals surface area contributed by atoms with E-state index in [2.05, 4.69) is 9.88 Å². The zero-order valence-corrected chi connectivity index (χ0v) is 9.03. The van der Waals surface area contributed by atoms with Crippen LogP contribution in [0.3, 0.4) is 0 Å². The molecule has 0 amide bonds. The zero-order chi connectivity index (χ0) is 10.7. The van der Waals surface area contributed by atoms with Crippen LogP contribution in [0.5, 0.6) is 5.75 Å². The molecule has 1 aromatic heterocycles. The Morgan fingerprint density at radius 1 is 1.25 bits per heavy atom. The number of aromatic hydroxyl groups is 1. The van der Waals surface area contributed by atoms with Crippen LogP contribution in [0, 0.1) is 0 Å². The van der Waals surface area contributed by atoms with E-state index >= 15 is 0 Å². The average molecular weight is 214 g/mol. The molecule has 1 saturated heterocycles. The molecular weight excluding hydrogens is 200 g/mol. The highest BCUT2D eigenvalue weighted by Crippen LogP contribution is 2.46. The molecule has 1 fully saturated rings. The summed E-state index contributed by atoms with van der Waals surface area (Å²) in [5, 5.41) is 10.8. The first-order valence-electron chi connectivity index (χ1n) is 5.92. The van der Waals surface area contributed by atoms with Crippen LogP contribution < -0.4 is 4.90 Å². The van der Waals surface area contributed by atoms with Crippen LogP contribution in [0.1, 0.15) is 24.3 Å². The third-order valence-electron chi connectivity index (χ3n) is 4.02. The summed E-state index contributed by atoms with van der Waals surface area (Å²) in [5.74, 6) is 2.35. The Labute approximate surface area is 93.7 Å². The molecule has 2 bridgehead atoms. The minimum absolute atomic E-state index is 0.366. The second-order valence-corrected chi connectivity index (χ2v) is 4.88. The molecule has 5 rings (SSSR count). The minimum Gasteiger partial charge on any atom is -0.508 e. The maximum atomic E-state index is 9.59. The molecule has 1 aromatic carbocycles. The van der Waals surface area contributed by atoms with E-state index < -0.39 is 0 Å². The number of fused-ring (bicyclic) bond motifs is 3. The van der Waals surface area contributed by atoms with E-state index in [-0.39, 0.29) is 0 Å². The average Bonchev–Trinajstić information content (AvgIpc) is 2.71. The standard InChI is InChI=1S/C13H14N2O/c16-9-1-2-11-10(7-9)12-8-3-5-15(6-4-8)13(12)14-11/h1-2,7-8,14,16H,3-6H2. The van der Waals surface area contributed by atoms with Crippen molar-refractivity contribution in [3.8, 4) is 5.75 Å². The third-order valence-corrected chi connectivity index (χ3v) is 4.02. The molecule has 3 heteroatoms. The van der Waals surface area contributed by atoms with Crippen LogP contribution in [0.4, 0.5) is 5.82 Å². The number of rotatable bonds is 0. The molecule has 0 spiro atoms. The van der Waals surface area contributed by atoms with E-state index in [0.717, 1.165) is 5.52 Å². The molecule has 0 unspecified atom stereocenters. The number of piperidine rings is 1. The summed E-state index contributed by atoms with van der Waals surface area (Å²) in [6, 6.07) is 5.62. The van der Waals surface area contributed by atoms with Crippen LogP contribution in [0.15, 0.2) is 18.2 Å². The van der Waals surface area contributed by atoms with Gasteiger partial charge in [0.25, 0.3) is 0 Å². The lowest BCUT2D eigenvalue weighted by atomic mass is 9.84. The highest BCUT2D eigenvalue weighted by Gasteiger charge is 2.33. The van der Waals surface area contributed by atoms with Crippen molar-refractivity contribution in [1.82, 2.24) is 4.98 Å². The molecular formula is C13H14N2O. The van der Waals surface area contributed by atoms with Gasteiger partial charge in [-0.25, -0.2) is 0 Å². The summed E-state index contributed by atoms with van der Waals surface area (Å²) >= 11 is 0. The molecule has 3 aliphatic heterocycles. The summed E-state index contributed by atoms with van der Waals surface area (Å²) in [4.78, 5) is 5.93. The first-order valence-corrected chi connectivity index (χ1v) is 5.92. The molecule has 0 radical (unpaired) electrons. The second-order valence-electron chi connectivity index (χ2n) is 4.88. The van der Waals surface area contributed by atoms with E-state index in [4.69, 9.17) is 0 Å². The van der Waals surface area contributed by atoms with Gasteiger partial charge < -0.3 is 15.0 Å². The first-order chi connectivity index (χ1) is 7.83. The van der Waals surface area contributed by atoms with Gasteiger partial charge in [-0.05, 0) is 37.0 Å². The molecule has 3 aliphatic rings. The SMILES string of the molecule is Oc1ccc2[nH]c3c(c2c1)C1CCN3CC1. The van der Waals surface area contributed by atoms with Gasteiger partial charge in [0.15, 0.2) is 0 Å². The molecule has 82 valence electrons. The largest absolute Gasteiger partial charge is 0.508 e. The van der Waals surface area contributed by atoms with Crippen LogP contribution in [-0.4, -0.2) is 23.2 Å². The normalized spacial score (nSPS) is 19.4. The van der Waals surface area contributed by atoms with Gasteiger partial charge in [-0.15, -0.1) is 0 Å². The number of phenolic OH excluding ortho intramolecular Hbond substituents is 1. The number of benzene rings is 1. The van der Waals surface area contributed by atoms with Gasteiger partial charge in [0.1, 0.15) is 11.6 Å². The number of nitrogens with zero attached hydrogens (tertiary/aromatic N) is 1. The fourth-order valence-corrected chi connectivity index (χ4v) is 3.24. The summed E-state index contributed by atoms with van der Waals surface area (Å²) in [6.45, 7) is 2.35. The lowest BCUT2D eigenvalue weighted by Gasteiger charge is -2.40. The van der Waals surface area contributed by atoms with E-state index in [1.165, 1.54) is 42.7 Å². The monoisotopic (exact) mass is 214 g/mol. The quantitative estimate of drug-likeness (QED) is 0.707. The van der Waals surface area contributed by atoms with E-state index in [9.17, 15) is 5.11 Å².